The van der Waals surface area contributed by atoms with Crippen LogP contribution in [0.5, 0.6) is 5.75 Å². The van der Waals surface area contributed by atoms with E-state index in [2.05, 4.69) is 29.6 Å². The van der Waals surface area contributed by atoms with Crippen molar-refractivity contribution in [3.8, 4) is 5.75 Å². The highest BCUT2D eigenvalue weighted by atomic mass is 35.5. The third kappa shape index (κ3) is 2.48. The van der Waals surface area contributed by atoms with Gasteiger partial charge in [-0.1, -0.05) is 29.8 Å². The lowest BCUT2D eigenvalue weighted by Crippen LogP contribution is -2.10. The summed E-state index contributed by atoms with van der Waals surface area (Å²) in [7, 11) is 1.67. The Morgan fingerprint density at radius 3 is 2.90 bits per heavy atom. The van der Waals surface area contributed by atoms with Crippen LogP contribution in [0.2, 0.25) is 5.02 Å². The average Bonchev–Trinajstić information content (AvgIpc) is 2.86. The van der Waals surface area contributed by atoms with Gasteiger partial charge < -0.3 is 10.1 Å². The Morgan fingerprint density at radius 1 is 1.30 bits per heavy atom. The van der Waals surface area contributed by atoms with Crippen molar-refractivity contribution >= 4 is 29.1 Å². The summed E-state index contributed by atoms with van der Waals surface area (Å²) in [6.07, 6.45) is 0. The lowest BCUT2D eigenvalue weighted by atomic mass is 10.1. The molecule has 0 amide bonds. The molecule has 0 bridgehead atoms. The first-order valence-electron chi connectivity index (χ1n) is 6.51. The molecule has 0 fully saturated rings. The Morgan fingerprint density at radius 2 is 2.10 bits per heavy atom. The Balaban J connectivity index is 1.91. The second-order valence-electron chi connectivity index (χ2n) is 4.85. The molecule has 0 aromatic heterocycles. The van der Waals surface area contributed by atoms with Crippen LogP contribution >= 0.6 is 23.4 Å². The van der Waals surface area contributed by atoms with Crippen LogP contribution in [-0.4, -0.2) is 12.9 Å². The van der Waals surface area contributed by atoms with E-state index in [4.69, 9.17) is 16.3 Å². The van der Waals surface area contributed by atoms with Crippen molar-refractivity contribution in [2.75, 3.05) is 18.2 Å². The number of hydrogen-bond donors (Lipinski definition) is 1. The van der Waals surface area contributed by atoms with Gasteiger partial charge in [-0.25, -0.2) is 0 Å². The monoisotopic (exact) mass is 305 g/mol. The molecule has 1 aliphatic rings. The Kier molecular flexibility index (Phi) is 3.81. The zero-order chi connectivity index (χ0) is 14.1. The number of halogens is 1. The molecule has 20 heavy (non-hydrogen) atoms. The number of methoxy groups -OCH3 is 1. The molecule has 1 heterocycles. The van der Waals surface area contributed by atoms with Gasteiger partial charge in [0.1, 0.15) is 5.75 Å². The lowest BCUT2D eigenvalue weighted by Gasteiger charge is -2.18. The van der Waals surface area contributed by atoms with E-state index in [0.717, 1.165) is 27.8 Å². The molecule has 0 radical (unpaired) electrons. The quantitative estimate of drug-likeness (QED) is 0.870. The van der Waals surface area contributed by atoms with E-state index < -0.39 is 0 Å². The summed E-state index contributed by atoms with van der Waals surface area (Å²) in [5, 5.41) is 4.31. The predicted molar refractivity (Wildman–Crippen MR) is 86.3 cm³/mol. The van der Waals surface area contributed by atoms with Gasteiger partial charge >= 0.3 is 0 Å². The molecule has 0 aliphatic carbocycles. The van der Waals surface area contributed by atoms with Crippen LogP contribution in [0.15, 0.2) is 41.3 Å². The van der Waals surface area contributed by atoms with Gasteiger partial charge in [-0.2, -0.15) is 0 Å². The molecule has 3 rings (SSSR count). The lowest BCUT2D eigenvalue weighted by molar-refractivity contribution is 0.416. The normalized spacial score (nSPS) is 16.9. The van der Waals surface area contributed by atoms with E-state index in [0.29, 0.717) is 6.04 Å². The number of hydrogen-bond acceptors (Lipinski definition) is 3. The first-order valence-corrected chi connectivity index (χ1v) is 7.88. The Labute approximate surface area is 128 Å². The number of rotatable bonds is 3. The standard InChI is InChI=1S/C16H16ClNOS/c1-10-7-13(15(19-2)8-12(10)17)18-14-9-20-16-6-4-3-5-11(14)16/h3-8,14,18H,9H2,1-2H3. The maximum atomic E-state index is 6.15. The SMILES string of the molecule is COc1cc(Cl)c(C)cc1NC1CSc2ccccc21. The number of anilines is 1. The molecule has 0 saturated heterocycles. The van der Waals surface area contributed by atoms with Gasteiger partial charge in [0, 0.05) is 21.7 Å². The second kappa shape index (κ2) is 5.58. The fourth-order valence-corrected chi connectivity index (χ4v) is 3.73. The third-order valence-electron chi connectivity index (χ3n) is 3.51. The van der Waals surface area contributed by atoms with E-state index in [1.54, 1.807) is 7.11 Å². The summed E-state index contributed by atoms with van der Waals surface area (Å²) >= 11 is 8.04. The van der Waals surface area contributed by atoms with Crippen molar-refractivity contribution in [3.63, 3.8) is 0 Å². The Hall–Kier alpha value is -1.32. The zero-order valence-corrected chi connectivity index (χ0v) is 13.0. The van der Waals surface area contributed by atoms with Crippen LogP contribution in [0.1, 0.15) is 17.2 Å². The maximum absolute atomic E-state index is 6.15. The van der Waals surface area contributed by atoms with Gasteiger partial charge in [0.15, 0.2) is 0 Å². The van der Waals surface area contributed by atoms with Crippen LogP contribution in [0.3, 0.4) is 0 Å². The highest BCUT2D eigenvalue weighted by Crippen LogP contribution is 2.41. The van der Waals surface area contributed by atoms with Crippen LogP contribution in [-0.2, 0) is 0 Å². The van der Waals surface area contributed by atoms with Gasteiger partial charge in [-0.05, 0) is 30.2 Å². The van der Waals surface area contributed by atoms with Gasteiger partial charge in [0.05, 0.1) is 18.8 Å². The second-order valence-corrected chi connectivity index (χ2v) is 6.32. The molecule has 0 saturated carbocycles. The highest BCUT2D eigenvalue weighted by Gasteiger charge is 2.23. The molecular weight excluding hydrogens is 290 g/mol. The summed E-state index contributed by atoms with van der Waals surface area (Å²) in [4.78, 5) is 1.36. The van der Waals surface area contributed by atoms with Crippen molar-refractivity contribution in [3.05, 3.63) is 52.5 Å². The van der Waals surface area contributed by atoms with E-state index in [1.165, 1.54) is 10.5 Å². The molecule has 0 spiro atoms. The fourth-order valence-electron chi connectivity index (χ4n) is 2.41. The third-order valence-corrected chi connectivity index (χ3v) is 5.10. The molecular formula is C16H16ClNOS. The summed E-state index contributed by atoms with van der Waals surface area (Å²) in [6.45, 7) is 2.00. The number of thioether (sulfide) groups is 1. The van der Waals surface area contributed by atoms with E-state index in [-0.39, 0.29) is 0 Å². The number of nitrogens with one attached hydrogen (secondary N) is 1. The summed E-state index contributed by atoms with van der Waals surface area (Å²) < 4.78 is 5.43. The minimum atomic E-state index is 0.311. The molecule has 1 aliphatic heterocycles. The molecule has 1 atom stereocenters. The summed E-state index contributed by atoms with van der Waals surface area (Å²) in [6, 6.07) is 12.8. The van der Waals surface area contributed by atoms with Gasteiger partial charge in [0.2, 0.25) is 0 Å². The van der Waals surface area contributed by atoms with Crippen molar-refractivity contribution in [1.82, 2.24) is 0 Å². The van der Waals surface area contributed by atoms with Crippen molar-refractivity contribution in [1.29, 1.82) is 0 Å². The zero-order valence-electron chi connectivity index (χ0n) is 11.4. The molecule has 2 aromatic rings. The van der Waals surface area contributed by atoms with E-state index in [1.807, 2.05) is 30.8 Å². The fraction of sp³-hybridized carbons (Fsp3) is 0.250. The van der Waals surface area contributed by atoms with Crippen molar-refractivity contribution in [2.24, 2.45) is 0 Å². The molecule has 1 N–H and O–H groups in total. The van der Waals surface area contributed by atoms with Crippen molar-refractivity contribution in [2.45, 2.75) is 17.9 Å². The minimum absolute atomic E-state index is 0.311. The maximum Gasteiger partial charge on any atom is 0.143 e. The van der Waals surface area contributed by atoms with E-state index in [9.17, 15) is 0 Å². The molecule has 4 heteroatoms. The average molecular weight is 306 g/mol. The first-order chi connectivity index (χ1) is 9.69. The van der Waals surface area contributed by atoms with Gasteiger partial charge in [-0.15, -0.1) is 11.8 Å². The van der Waals surface area contributed by atoms with Crippen LogP contribution in [0.4, 0.5) is 5.69 Å². The predicted octanol–water partition coefficient (Wildman–Crippen LogP) is 4.92. The number of aryl methyl sites for hydroxylation is 1. The van der Waals surface area contributed by atoms with Crippen LogP contribution in [0, 0.1) is 6.92 Å². The highest BCUT2D eigenvalue weighted by molar-refractivity contribution is 7.99. The molecule has 104 valence electrons. The molecule has 2 aromatic carbocycles. The number of ether oxygens (including phenoxy) is 1. The van der Waals surface area contributed by atoms with Crippen molar-refractivity contribution < 1.29 is 4.74 Å². The van der Waals surface area contributed by atoms with Crippen LogP contribution in [0.25, 0.3) is 0 Å². The Bertz CT molecular complexity index is 644. The molecule has 1 unspecified atom stereocenters. The van der Waals surface area contributed by atoms with Gasteiger partial charge in [0.25, 0.3) is 0 Å². The first kappa shape index (κ1) is 13.7. The largest absolute Gasteiger partial charge is 0.495 e. The minimum Gasteiger partial charge on any atom is -0.495 e. The number of fused-ring (bicyclic) bond motifs is 1. The number of benzene rings is 2. The van der Waals surface area contributed by atoms with Gasteiger partial charge in [-0.3, -0.25) is 0 Å². The van der Waals surface area contributed by atoms with Crippen LogP contribution < -0.4 is 10.1 Å². The van der Waals surface area contributed by atoms with E-state index >= 15 is 0 Å². The summed E-state index contributed by atoms with van der Waals surface area (Å²) in [5.74, 6) is 1.82. The summed E-state index contributed by atoms with van der Waals surface area (Å²) in [5.41, 5.74) is 3.40. The molecule has 2 nitrogen and oxygen atoms in total. The topological polar surface area (TPSA) is 21.3 Å². The smallest absolute Gasteiger partial charge is 0.143 e.